The van der Waals surface area contributed by atoms with Gasteiger partial charge in [-0.15, -0.1) is 0 Å². The summed E-state index contributed by atoms with van der Waals surface area (Å²) < 4.78 is 5.36. The van der Waals surface area contributed by atoms with Crippen LogP contribution in [0.5, 0.6) is 0 Å². The molecule has 0 saturated carbocycles. The van der Waals surface area contributed by atoms with Crippen molar-refractivity contribution in [1.29, 1.82) is 0 Å². The molecule has 0 bridgehead atoms. The first kappa shape index (κ1) is 11.5. The van der Waals surface area contributed by atoms with E-state index in [9.17, 15) is 0 Å². The fourth-order valence-corrected chi connectivity index (χ4v) is 1.53. The first-order chi connectivity index (χ1) is 6.77. The lowest BCUT2D eigenvalue weighted by atomic mass is 10.1. The normalized spacial score (nSPS) is 10.5. The second-order valence-electron chi connectivity index (χ2n) is 3.09. The lowest BCUT2D eigenvalue weighted by Crippen LogP contribution is -2.06. The summed E-state index contributed by atoms with van der Waals surface area (Å²) in [6.07, 6.45) is 0.850. The molecule has 2 nitrogen and oxygen atoms in total. The van der Waals surface area contributed by atoms with Crippen LogP contribution >= 0.6 is 11.6 Å². The monoisotopic (exact) mass is 213 g/mol. The Morgan fingerprint density at radius 3 is 2.79 bits per heavy atom. The van der Waals surface area contributed by atoms with Crippen molar-refractivity contribution in [3.05, 3.63) is 34.3 Å². The Kier molecular flexibility index (Phi) is 4.94. The molecule has 0 saturated heterocycles. The van der Waals surface area contributed by atoms with Crippen LogP contribution in [0.1, 0.15) is 18.1 Å². The Balaban J connectivity index is 2.78. The summed E-state index contributed by atoms with van der Waals surface area (Å²) in [6.45, 7) is 3.99. The molecule has 0 radical (unpaired) electrons. The lowest BCUT2D eigenvalue weighted by Gasteiger charge is -2.09. The maximum atomic E-state index is 5.90. The van der Waals surface area contributed by atoms with E-state index in [1.54, 1.807) is 0 Å². The Morgan fingerprint density at radius 1 is 1.36 bits per heavy atom. The highest BCUT2D eigenvalue weighted by Crippen LogP contribution is 2.17. The van der Waals surface area contributed by atoms with E-state index in [-0.39, 0.29) is 0 Å². The molecule has 0 heterocycles. The molecule has 0 aliphatic heterocycles. The number of ether oxygens (including phenoxy) is 1. The first-order valence-corrected chi connectivity index (χ1v) is 5.20. The zero-order chi connectivity index (χ0) is 10.4. The van der Waals surface area contributed by atoms with Crippen LogP contribution in [0, 0.1) is 0 Å². The second-order valence-corrected chi connectivity index (χ2v) is 3.53. The summed E-state index contributed by atoms with van der Waals surface area (Å²) in [6, 6.07) is 5.85. The van der Waals surface area contributed by atoms with Crippen molar-refractivity contribution in [2.75, 3.05) is 13.2 Å². The average molecular weight is 214 g/mol. The minimum atomic E-state index is 0.638. The molecule has 0 amide bonds. The van der Waals surface area contributed by atoms with E-state index in [1.165, 1.54) is 11.1 Å². The first-order valence-electron chi connectivity index (χ1n) is 4.83. The minimum absolute atomic E-state index is 0.638. The molecule has 14 heavy (non-hydrogen) atoms. The smallest absolute Gasteiger partial charge is 0.0719 e. The highest BCUT2D eigenvalue weighted by Gasteiger charge is 2.02. The van der Waals surface area contributed by atoms with E-state index in [1.807, 2.05) is 25.1 Å². The zero-order valence-electron chi connectivity index (χ0n) is 8.42. The van der Waals surface area contributed by atoms with E-state index in [2.05, 4.69) is 0 Å². The fourth-order valence-electron chi connectivity index (χ4n) is 1.34. The highest BCUT2D eigenvalue weighted by atomic mass is 35.5. The largest absolute Gasteiger partial charge is 0.377 e. The van der Waals surface area contributed by atoms with Crippen molar-refractivity contribution in [2.24, 2.45) is 5.73 Å². The van der Waals surface area contributed by atoms with Gasteiger partial charge in [-0.2, -0.15) is 0 Å². The van der Waals surface area contributed by atoms with Gasteiger partial charge >= 0.3 is 0 Å². The standard InChI is InChI=1S/C11H16ClNO/c1-2-14-8-10-3-4-11(12)7-9(10)5-6-13/h3-4,7H,2,5-6,8,13H2,1H3. The molecule has 2 N–H and O–H groups in total. The van der Waals surface area contributed by atoms with E-state index in [0.29, 0.717) is 13.2 Å². The molecule has 0 aliphatic rings. The molecule has 3 heteroatoms. The third-order valence-corrected chi connectivity index (χ3v) is 2.28. The molecule has 0 atom stereocenters. The number of benzene rings is 1. The molecule has 78 valence electrons. The summed E-state index contributed by atoms with van der Waals surface area (Å²) in [5.41, 5.74) is 7.89. The fraction of sp³-hybridized carbons (Fsp3) is 0.455. The van der Waals surface area contributed by atoms with Gasteiger partial charge in [0.2, 0.25) is 0 Å². The van der Waals surface area contributed by atoms with Crippen molar-refractivity contribution < 1.29 is 4.74 Å². The van der Waals surface area contributed by atoms with Crippen molar-refractivity contribution in [1.82, 2.24) is 0 Å². The van der Waals surface area contributed by atoms with Crippen molar-refractivity contribution in [3.8, 4) is 0 Å². The molecule has 0 spiro atoms. The summed E-state index contributed by atoms with van der Waals surface area (Å²) in [7, 11) is 0. The summed E-state index contributed by atoms with van der Waals surface area (Å²) in [5.74, 6) is 0. The highest BCUT2D eigenvalue weighted by molar-refractivity contribution is 6.30. The van der Waals surface area contributed by atoms with Gasteiger partial charge in [0.25, 0.3) is 0 Å². The molecular weight excluding hydrogens is 198 g/mol. The zero-order valence-corrected chi connectivity index (χ0v) is 9.18. The molecular formula is C11H16ClNO. The molecule has 0 aliphatic carbocycles. The third-order valence-electron chi connectivity index (χ3n) is 2.04. The predicted molar refractivity (Wildman–Crippen MR) is 59.5 cm³/mol. The SMILES string of the molecule is CCOCc1ccc(Cl)cc1CCN. The molecule has 0 fully saturated rings. The van der Waals surface area contributed by atoms with Gasteiger partial charge in [0.15, 0.2) is 0 Å². The topological polar surface area (TPSA) is 35.2 Å². The Bertz CT molecular complexity index is 289. The van der Waals surface area contributed by atoms with Gasteiger partial charge in [-0.1, -0.05) is 17.7 Å². The average Bonchev–Trinajstić information content (AvgIpc) is 2.17. The Morgan fingerprint density at radius 2 is 2.14 bits per heavy atom. The molecule has 1 aromatic carbocycles. The number of nitrogens with two attached hydrogens (primary N) is 1. The maximum Gasteiger partial charge on any atom is 0.0719 e. The Hall–Kier alpha value is -0.570. The van der Waals surface area contributed by atoms with E-state index < -0.39 is 0 Å². The molecule has 1 aromatic rings. The van der Waals surface area contributed by atoms with Crippen LogP contribution in [-0.4, -0.2) is 13.2 Å². The van der Waals surface area contributed by atoms with Gasteiger partial charge in [0, 0.05) is 11.6 Å². The second kappa shape index (κ2) is 6.02. The summed E-state index contributed by atoms with van der Waals surface area (Å²) in [4.78, 5) is 0. The van der Waals surface area contributed by atoms with Crippen molar-refractivity contribution >= 4 is 11.6 Å². The minimum Gasteiger partial charge on any atom is -0.377 e. The number of hydrogen-bond acceptors (Lipinski definition) is 2. The predicted octanol–water partition coefficient (Wildman–Crippen LogP) is 2.38. The van der Waals surface area contributed by atoms with Gasteiger partial charge < -0.3 is 10.5 Å². The quantitative estimate of drug-likeness (QED) is 0.815. The lowest BCUT2D eigenvalue weighted by molar-refractivity contribution is 0.133. The third kappa shape index (κ3) is 3.29. The van der Waals surface area contributed by atoms with Crippen LogP contribution < -0.4 is 5.73 Å². The van der Waals surface area contributed by atoms with E-state index in [4.69, 9.17) is 22.1 Å². The molecule has 0 unspecified atom stereocenters. The molecule has 0 aromatic heterocycles. The number of halogens is 1. The van der Waals surface area contributed by atoms with E-state index in [0.717, 1.165) is 18.1 Å². The van der Waals surface area contributed by atoms with E-state index >= 15 is 0 Å². The Labute approximate surface area is 90.0 Å². The van der Waals surface area contributed by atoms with Gasteiger partial charge in [0.1, 0.15) is 0 Å². The summed E-state index contributed by atoms with van der Waals surface area (Å²) in [5, 5.41) is 0.758. The van der Waals surface area contributed by atoms with Gasteiger partial charge in [-0.3, -0.25) is 0 Å². The number of hydrogen-bond donors (Lipinski definition) is 1. The van der Waals surface area contributed by atoms with Crippen LogP contribution in [-0.2, 0) is 17.8 Å². The van der Waals surface area contributed by atoms with Crippen molar-refractivity contribution in [3.63, 3.8) is 0 Å². The summed E-state index contributed by atoms with van der Waals surface area (Å²) >= 11 is 5.90. The van der Waals surface area contributed by atoms with Gasteiger partial charge in [-0.05, 0) is 43.1 Å². The van der Waals surface area contributed by atoms with Crippen molar-refractivity contribution in [2.45, 2.75) is 20.0 Å². The maximum absolute atomic E-state index is 5.90. The van der Waals surface area contributed by atoms with Crippen LogP contribution in [0.4, 0.5) is 0 Å². The van der Waals surface area contributed by atoms with Gasteiger partial charge in [0.05, 0.1) is 6.61 Å². The van der Waals surface area contributed by atoms with Crippen LogP contribution in [0.3, 0.4) is 0 Å². The van der Waals surface area contributed by atoms with Crippen LogP contribution in [0.2, 0.25) is 5.02 Å². The van der Waals surface area contributed by atoms with Crippen LogP contribution in [0.15, 0.2) is 18.2 Å². The van der Waals surface area contributed by atoms with Gasteiger partial charge in [-0.25, -0.2) is 0 Å². The van der Waals surface area contributed by atoms with Crippen LogP contribution in [0.25, 0.3) is 0 Å². The number of rotatable bonds is 5. The molecule has 1 rings (SSSR count).